The smallest absolute Gasteiger partial charge is 0.283 e. The summed E-state index contributed by atoms with van der Waals surface area (Å²) in [6, 6.07) is 11.9. The fourth-order valence-electron chi connectivity index (χ4n) is 2.42. The van der Waals surface area contributed by atoms with Crippen LogP contribution in [0.3, 0.4) is 0 Å². The molecule has 122 valence electrons. The Labute approximate surface area is 144 Å². The van der Waals surface area contributed by atoms with E-state index in [-0.39, 0.29) is 16.5 Å². The van der Waals surface area contributed by atoms with E-state index in [0.29, 0.717) is 11.4 Å². The number of aryl methyl sites for hydroxylation is 2. The quantitative estimate of drug-likeness (QED) is 0.662. The Bertz CT molecular complexity index is 872. The highest BCUT2D eigenvalue weighted by Crippen LogP contribution is 2.32. The van der Waals surface area contributed by atoms with E-state index < -0.39 is 11.8 Å². The van der Waals surface area contributed by atoms with Crippen LogP contribution in [-0.4, -0.2) is 16.9 Å². The van der Waals surface area contributed by atoms with Crippen molar-refractivity contribution in [3.05, 3.63) is 64.3 Å². The van der Waals surface area contributed by atoms with Gasteiger partial charge in [-0.05, 0) is 43.7 Å². The Kier molecular flexibility index (Phi) is 4.03. The van der Waals surface area contributed by atoms with Gasteiger partial charge in [0.25, 0.3) is 11.8 Å². The third-order valence-corrected chi connectivity index (χ3v) is 4.08. The summed E-state index contributed by atoms with van der Waals surface area (Å²) in [5, 5.41) is 12.5. The number of hydrogen-bond donors (Lipinski definition) is 2. The van der Waals surface area contributed by atoms with Crippen molar-refractivity contribution >= 4 is 34.8 Å². The zero-order valence-electron chi connectivity index (χ0n) is 13.1. The predicted molar refractivity (Wildman–Crippen MR) is 93.0 cm³/mol. The third-order valence-electron chi connectivity index (χ3n) is 3.73. The van der Waals surface area contributed by atoms with E-state index in [1.54, 1.807) is 24.3 Å². The lowest BCUT2D eigenvalue weighted by Crippen LogP contribution is -2.32. The number of hydrogen-bond acceptors (Lipinski definition) is 4. The molecule has 0 fully saturated rings. The van der Waals surface area contributed by atoms with Gasteiger partial charge in [0.1, 0.15) is 16.5 Å². The molecule has 0 atom stereocenters. The predicted octanol–water partition coefficient (Wildman–Crippen LogP) is 3.44. The second-order valence-corrected chi connectivity index (χ2v) is 5.99. The molecule has 0 saturated heterocycles. The van der Waals surface area contributed by atoms with Crippen LogP contribution in [0.25, 0.3) is 0 Å². The van der Waals surface area contributed by atoms with Crippen LogP contribution in [0.2, 0.25) is 0 Å². The molecule has 0 aliphatic carbocycles. The van der Waals surface area contributed by atoms with Crippen LogP contribution < -0.4 is 10.2 Å². The van der Waals surface area contributed by atoms with Crippen molar-refractivity contribution in [3.8, 4) is 5.75 Å². The lowest BCUT2D eigenvalue weighted by Gasteiger charge is -2.15. The molecule has 0 bridgehead atoms. The van der Waals surface area contributed by atoms with Crippen molar-refractivity contribution < 1.29 is 14.7 Å². The number of halogens is 1. The van der Waals surface area contributed by atoms with Gasteiger partial charge in [-0.2, -0.15) is 0 Å². The Morgan fingerprint density at radius 3 is 2.25 bits per heavy atom. The number of benzene rings is 2. The molecule has 1 aliphatic heterocycles. The molecule has 0 aromatic heterocycles. The highest BCUT2D eigenvalue weighted by atomic mass is 35.5. The molecule has 24 heavy (non-hydrogen) atoms. The molecule has 1 heterocycles. The summed E-state index contributed by atoms with van der Waals surface area (Å²) in [5.74, 6) is -1.19. The van der Waals surface area contributed by atoms with Crippen molar-refractivity contribution in [2.45, 2.75) is 13.8 Å². The summed E-state index contributed by atoms with van der Waals surface area (Å²) in [5.41, 5.74) is 2.61. The summed E-state index contributed by atoms with van der Waals surface area (Å²) >= 11 is 6.06. The van der Waals surface area contributed by atoms with Crippen LogP contribution >= 0.6 is 11.6 Å². The topological polar surface area (TPSA) is 69.6 Å². The van der Waals surface area contributed by atoms with Gasteiger partial charge in [-0.1, -0.05) is 35.4 Å². The molecule has 2 amide bonds. The van der Waals surface area contributed by atoms with Gasteiger partial charge >= 0.3 is 0 Å². The summed E-state index contributed by atoms with van der Waals surface area (Å²) in [4.78, 5) is 26.0. The monoisotopic (exact) mass is 342 g/mol. The van der Waals surface area contributed by atoms with Crippen molar-refractivity contribution in [1.82, 2.24) is 0 Å². The summed E-state index contributed by atoms with van der Waals surface area (Å²) in [6.45, 7) is 3.76. The first-order valence-corrected chi connectivity index (χ1v) is 7.68. The zero-order valence-corrected chi connectivity index (χ0v) is 13.9. The van der Waals surface area contributed by atoms with Crippen LogP contribution in [0.15, 0.2) is 53.2 Å². The Hall–Kier alpha value is -2.79. The number of carbonyl (C=O) groups excluding carboxylic acids is 2. The van der Waals surface area contributed by atoms with Crippen molar-refractivity contribution in [2.24, 2.45) is 0 Å². The fourth-order valence-corrected chi connectivity index (χ4v) is 2.64. The van der Waals surface area contributed by atoms with Gasteiger partial charge in [0.05, 0.1) is 11.4 Å². The number of nitrogens with one attached hydrogen (secondary N) is 1. The first-order chi connectivity index (χ1) is 11.4. The van der Waals surface area contributed by atoms with E-state index in [4.69, 9.17) is 11.6 Å². The van der Waals surface area contributed by atoms with E-state index >= 15 is 0 Å². The number of phenolic OH excluding ortho intramolecular Hbond substituents is 1. The molecule has 2 aromatic carbocycles. The maximum absolute atomic E-state index is 12.6. The number of aromatic hydroxyl groups is 1. The standard InChI is InChI=1S/C18H15ClN2O3/c1-10-3-6-12(7-4-10)21-17(23)15(19)16(18(21)24)20-13-9-11(2)5-8-14(13)22/h3-9,20,22H,1-2H3. The molecule has 2 N–H and O–H groups in total. The van der Waals surface area contributed by atoms with Gasteiger partial charge in [-0.15, -0.1) is 0 Å². The largest absolute Gasteiger partial charge is 0.506 e. The van der Waals surface area contributed by atoms with Gasteiger partial charge in [0, 0.05) is 0 Å². The van der Waals surface area contributed by atoms with Crippen molar-refractivity contribution in [3.63, 3.8) is 0 Å². The van der Waals surface area contributed by atoms with E-state index in [0.717, 1.165) is 16.0 Å². The minimum atomic E-state index is -0.597. The number of carbonyl (C=O) groups is 2. The molecule has 6 heteroatoms. The number of amides is 2. The van der Waals surface area contributed by atoms with E-state index in [1.165, 1.54) is 6.07 Å². The van der Waals surface area contributed by atoms with Crippen LogP contribution in [-0.2, 0) is 9.59 Å². The molecule has 0 radical (unpaired) electrons. The molecule has 0 spiro atoms. The zero-order chi connectivity index (χ0) is 17.4. The minimum absolute atomic E-state index is 0.0356. The lowest BCUT2D eigenvalue weighted by molar-refractivity contribution is -0.120. The molecule has 5 nitrogen and oxygen atoms in total. The van der Waals surface area contributed by atoms with E-state index in [1.807, 2.05) is 26.0 Å². The molecular weight excluding hydrogens is 328 g/mol. The average molecular weight is 343 g/mol. The molecule has 2 aromatic rings. The number of phenols is 1. The maximum Gasteiger partial charge on any atom is 0.283 e. The molecule has 3 rings (SSSR count). The molecular formula is C18H15ClN2O3. The van der Waals surface area contributed by atoms with Gasteiger partial charge in [0.2, 0.25) is 0 Å². The van der Waals surface area contributed by atoms with Crippen molar-refractivity contribution in [1.29, 1.82) is 0 Å². The summed E-state index contributed by atoms with van der Waals surface area (Å²) < 4.78 is 0. The number of nitrogens with zero attached hydrogens (tertiary/aromatic N) is 1. The highest BCUT2D eigenvalue weighted by Gasteiger charge is 2.39. The molecule has 0 saturated carbocycles. The van der Waals surface area contributed by atoms with Crippen molar-refractivity contribution in [2.75, 3.05) is 10.2 Å². The van der Waals surface area contributed by atoms with Gasteiger partial charge < -0.3 is 10.4 Å². The Morgan fingerprint density at radius 1 is 0.958 bits per heavy atom. The number of anilines is 2. The van der Waals surface area contributed by atoms with Gasteiger partial charge in [-0.3, -0.25) is 9.59 Å². The van der Waals surface area contributed by atoms with Crippen LogP contribution in [0, 0.1) is 13.8 Å². The van der Waals surface area contributed by atoms with E-state index in [9.17, 15) is 14.7 Å². The maximum atomic E-state index is 12.6. The number of imide groups is 1. The minimum Gasteiger partial charge on any atom is -0.506 e. The van der Waals surface area contributed by atoms with Gasteiger partial charge in [0.15, 0.2) is 0 Å². The Morgan fingerprint density at radius 2 is 1.58 bits per heavy atom. The Balaban J connectivity index is 1.94. The SMILES string of the molecule is Cc1ccc(N2C(=O)C(Cl)=C(Nc3cc(C)ccc3O)C2=O)cc1. The first-order valence-electron chi connectivity index (χ1n) is 7.30. The van der Waals surface area contributed by atoms with Crippen LogP contribution in [0.4, 0.5) is 11.4 Å². The second kappa shape index (κ2) is 6.02. The lowest BCUT2D eigenvalue weighted by atomic mass is 10.2. The number of rotatable bonds is 3. The summed E-state index contributed by atoms with van der Waals surface area (Å²) in [6.07, 6.45) is 0. The van der Waals surface area contributed by atoms with Crippen LogP contribution in [0.5, 0.6) is 5.75 Å². The molecule has 1 aliphatic rings. The third kappa shape index (κ3) is 2.74. The first kappa shape index (κ1) is 16.1. The highest BCUT2D eigenvalue weighted by molar-refractivity contribution is 6.53. The van der Waals surface area contributed by atoms with E-state index in [2.05, 4.69) is 5.32 Å². The summed E-state index contributed by atoms with van der Waals surface area (Å²) in [7, 11) is 0. The van der Waals surface area contributed by atoms with Crippen LogP contribution in [0.1, 0.15) is 11.1 Å². The fraction of sp³-hybridized carbons (Fsp3) is 0.111. The molecule has 0 unspecified atom stereocenters. The van der Waals surface area contributed by atoms with Gasteiger partial charge in [-0.25, -0.2) is 4.90 Å². The second-order valence-electron chi connectivity index (χ2n) is 5.62. The normalized spacial score (nSPS) is 14.5. The average Bonchev–Trinajstić information content (AvgIpc) is 2.76.